The Morgan fingerprint density at radius 1 is 1.09 bits per heavy atom. The van der Waals surface area contributed by atoms with Crippen molar-refractivity contribution >= 4 is 5.78 Å². The molecule has 4 rings (SSSR count). The number of aliphatic hydroxyl groups excluding tert-OH is 3. The Morgan fingerprint density at radius 2 is 1.83 bits per heavy atom. The number of rotatable bonds is 0. The zero-order chi connectivity index (χ0) is 16.5. The molecule has 128 valence electrons. The van der Waals surface area contributed by atoms with E-state index in [2.05, 4.69) is 0 Å². The lowest BCUT2D eigenvalue weighted by Crippen LogP contribution is -2.61. The Hall–Kier alpha value is -0.710. The van der Waals surface area contributed by atoms with Gasteiger partial charge in [0.15, 0.2) is 5.78 Å². The number of carbonyl (C=O) groups is 1. The van der Waals surface area contributed by atoms with E-state index in [1.807, 2.05) is 13.8 Å². The van der Waals surface area contributed by atoms with E-state index >= 15 is 0 Å². The summed E-state index contributed by atoms with van der Waals surface area (Å²) >= 11 is 0. The zero-order valence-corrected chi connectivity index (χ0v) is 14.0. The van der Waals surface area contributed by atoms with Crippen LogP contribution in [-0.2, 0) is 4.79 Å². The molecular weight excluding hydrogens is 292 g/mol. The van der Waals surface area contributed by atoms with Crippen LogP contribution in [0.1, 0.15) is 52.4 Å². The van der Waals surface area contributed by atoms with Crippen LogP contribution in [0.4, 0.5) is 0 Å². The van der Waals surface area contributed by atoms with Gasteiger partial charge in [0, 0.05) is 0 Å². The minimum Gasteiger partial charge on any atom is -0.392 e. The second kappa shape index (κ2) is 5.14. The van der Waals surface area contributed by atoms with Gasteiger partial charge in [0.1, 0.15) is 6.10 Å². The maximum Gasteiger partial charge on any atom is 0.174 e. The predicted molar refractivity (Wildman–Crippen MR) is 85.5 cm³/mol. The molecule has 0 aliphatic heterocycles. The maximum atomic E-state index is 13.2. The van der Waals surface area contributed by atoms with Crippen LogP contribution in [0.3, 0.4) is 0 Å². The minimum absolute atomic E-state index is 0.143. The molecule has 3 N–H and O–H groups in total. The quantitative estimate of drug-likeness (QED) is 0.595. The van der Waals surface area contributed by atoms with Gasteiger partial charge >= 0.3 is 0 Å². The molecular formula is C19H28O4. The number of hydrogen-bond acceptors (Lipinski definition) is 4. The van der Waals surface area contributed by atoms with Gasteiger partial charge < -0.3 is 15.3 Å². The van der Waals surface area contributed by atoms with Crippen molar-refractivity contribution < 1.29 is 20.1 Å². The topological polar surface area (TPSA) is 77.8 Å². The second-order valence-electron chi connectivity index (χ2n) is 8.67. The van der Waals surface area contributed by atoms with E-state index in [1.54, 1.807) is 0 Å². The van der Waals surface area contributed by atoms with E-state index in [9.17, 15) is 20.1 Å². The van der Waals surface area contributed by atoms with Crippen LogP contribution >= 0.6 is 0 Å². The molecule has 4 aliphatic rings. The largest absolute Gasteiger partial charge is 0.392 e. The second-order valence-corrected chi connectivity index (χ2v) is 8.67. The van der Waals surface area contributed by atoms with Crippen molar-refractivity contribution in [3.63, 3.8) is 0 Å². The molecule has 0 aromatic heterocycles. The molecule has 23 heavy (non-hydrogen) atoms. The first-order valence-corrected chi connectivity index (χ1v) is 9.12. The number of Topliss-reactive ketones (excluding diaryl/α,β-unsaturated/α-hetero) is 1. The van der Waals surface area contributed by atoms with E-state index < -0.39 is 23.7 Å². The lowest BCUT2D eigenvalue weighted by molar-refractivity contribution is -0.173. The summed E-state index contributed by atoms with van der Waals surface area (Å²) in [5.74, 6) is 1.27. The molecule has 4 heteroatoms. The van der Waals surface area contributed by atoms with Gasteiger partial charge in [-0.25, -0.2) is 0 Å². The molecule has 0 saturated heterocycles. The van der Waals surface area contributed by atoms with Crippen LogP contribution in [0.25, 0.3) is 0 Å². The van der Waals surface area contributed by atoms with E-state index in [0.29, 0.717) is 29.7 Å². The molecule has 2 bridgehead atoms. The summed E-state index contributed by atoms with van der Waals surface area (Å²) in [6.07, 6.45) is 2.96. The summed E-state index contributed by atoms with van der Waals surface area (Å²) < 4.78 is 0. The molecule has 0 aromatic rings. The Kier molecular flexibility index (Phi) is 3.53. The van der Waals surface area contributed by atoms with Crippen LogP contribution in [-0.4, -0.2) is 39.4 Å². The summed E-state index contributed by atoms with van der Waals surface area (Å²) in [4.78, 5) is 13.2. The molecule has 0 aromatic carbocycles. The molecule has 0 heterocycles. The van der Waals surface area contributed by atoms with Crippen molar-refractivity contribution in [2.75, 3.05) is 0 Å². The molecule has 2 unspecified atom stereocenters. The maximum absolute atomic E-state index is 13.2. The first-order valence-electron chi connectivity index (χ1n) is 9.12. The normalized spacial score (nSPS) is 52.9. The Morgan fingerprint density at radius 3 is 2.48 bits per heavy atom. The smallest absolute Gasteiger partial charge is 0.174 e. The van der Waals surface area contributed by atoms with Crippen molar-refractivity contribution in [3.8, 4) is 0 Å². The van der Waals surface area contributed by atoms with Crippen molar-refractivity contribution in [1.29, 1.82) is 0 Å². The van der Waals surface area contributed by atoms with Gasteiger partial charge in [-0.05, 0) is 87.2 Å². The van der Waals surface area contributed by atoms with Crippen LogP contribution in [0, 0.1) is 29.1 Å². The molecule has 0 radical (unpaired) electrons. The number of hydrogen-bond donors (Lipinski definition) is 3. The Bertz CT molecular complexity index is 568. The van der Waals surface area contributed by atoms with Crippen LogP contribution < -0.4 is 0 Å². The fourth-order valence-electron chi connectivity index (χ4n) is 5.99. The number of ketones is 1. The van der Waals surface area contributed by atoms with Gasteiger partial charge in [-0.15, -0.1) is 0 Å². The summed E-state index contributed by atoms with van der Waals surface area (Å²) in [5, 5.41) is 31.8. The summed E-state index contributed by atoms with van der Waals surface area (Å²) in [6.45, 7) is 3.71. The fourth-order valence-corrected chi connectivity index (χ4v) is 5.99. The van der Waals surface area contributed by atoms with Crippen LogP contribution in [0.15, 0.2) is 11.1 Å². The van der Waals surface area contributed by atoms with E-state index in [1.165, 1.54) is 0 Å². The molecule has 4 nitrogen and oxygen atoms in total. The van der Waals surface area contributed by atoms with Gasteiger partial charge in [-0.3, -0.25) is 4.79 Å². The van der Waals surface area contributed by atoms with Crippen molar-refractivity contribution in [2.45, 2.75) is 70.7 Å². The van der Waals surface area contributed by atoms with E-state index in [-0.39, 0.29) is 11.7 Å². The SMILES string of the molecule is CC1=C2C[C@@H](C[C@@H]1O)C[C@H]1[C@H]3CC[C@H]3CC(O)[C@@]1(C)C(=O)C2O. The molecule has 4 aliphatic carbocycles. The van der Waals surface area contributed by atoms with E-state index in [0.717, 1.165) is 37.7 Å². The van der Waals surface area contributed by atoms with Crippen molar-refractivity contribution in [1.82, 2.24) is 0 Å². The molecule has 0 spiro atoms. The van der Waals surface area contributed by atoms with E-state index in [4.69, 9.17) is 0 Å². The lowest BCUT2D eigenvalue weighted by Gasteiger charge is -2.58. The average molecular weight is 320 g/mol. The van der Waals surface area contributed by atoms with Crippen LogP contribution in [0.2, 0.25) is 0 Å². The first kappa shape index (κ1) is 15.8. The Labute approximate surface area is 137 Å². The highest BCUT2D eigenvalue weighted by molar-refractivity contribution is 5.92. The lowest BCUT2D eigenvalue weighted by atomic mass is 9.46. The summed E-state index contributed by atoms with van der Waals surface area (Å²) in [6, 6.07) is 0. The third kappa shape index (κ3) is 2.04. The highest BCUT2D eigenvalue weighted by atomic mass is 16.3. The fraction of sp³-hybridized carbons (Fsp3) is 0.842. The predicted octanol–water partition coefficient (Wildman–Crippen LogP) is 1.82. The average Bonchev–Trinajstić information content (AvgIpc) is 2.49. The minimum atomic E-state index is -1.16. The number of aliphatic hydroxyl groups is 3. The highest BCUT2D eigenvalue weighted by Crippen LogP contribution is 2.59. The summed E-state index contributed by atoms with van der Waals surface area (Å²) in [7, 11) is 0. The first-order chi connectivity index (χ1) is 10.8. The number of carbonyl (C=O) groups excluding carboxylic acids is 1. The molecule has 3 saturated carbocycles. The van der Waals surface area contributed by atoms with Gasteiger partial charge in [0.25, 0.3) is 0 Å². The van der Waals surface area contributed by atoms with Gasteiger partial charge in [0.05, 0.1) is 17.6 Å². The third-order valence-electron chi connectivity index (χ3n) is 7.75. The zero-order valence-electron chi connectivity index (χ0n) is 14.0. The van der Waals surface area contributed by atoms with Gasteiger partial charge in [-0.1, -0.05) is 0 Å². The number of fused-ring (bicyclic) bond motifs is 5. The monoisotopic (exact) mass is 320 g/mol. The molecule has 0 amide bonds. The van der Waals surface area contributed by atoms with Crippen molar-refractivity contribution in [2.24, 2.45) is 29.1 Å². The third-order valence-corrected chi connectivity index (χ3v) is 7.75. The van der Waals surface area contributed by atoms with Gasteiger partial charge in [0.2, 0.25) is 0 Å². The molecule has 3 fully saturated rings. The van der Waals surface area contributed by atoms with Crippen LogP contribution in [0.5, 0.6) is 0 Å². The Balaban J connectivity index is 1.79. The van der Waals surface area contributed by atoms with Crippen molar-refractivity contribution in [3.05, 3.63) is 11.1 Å². The highest BCUT2D eigenvalue weighted by Gasteiger charge is 2.60. The van der Waals surface area contributed by atoms with Gasteiger partial charge in [-0.2, -0.15) is 0 Å². The summed E-state index contributed by atoms with van der Waals surface area (Å²) in [5.41, 5.74) is 0.630. The standard InChI is InChI=1S/C19H28O4/c1-9-13-5-10(7-15(9)20)6-14-12-4-3-11(12)8-16(21)19(14,2)18(23)17(13)22/h10-12,14-17,20-22H,3-8H2,1-2H3/t10-,11+,12+,14+,15+,16?,17?,19+/m1/s1. The molecule has 8 atom stereocenters.